The molecule has 0 amide bonds. The van der Waals surface area contributed by atoms with Gasteiger partial charge in [0.15, 0.2) is 0 Å². The molecule has 1 aromatic carbocycles. The highest BCUT2D eigenvalue weighted by molar-refractivity contribution is 6.02. The monoisotopic (exact) mass is 266 g/mol. The molecular formula is C14H18O5. The Morgan fingerprint density at radius 1 is 1.11 bits per heavy atom. The molecule has 0 heterocycles. The molecule has 0 bridgehead atoms. The normalized spacial score (nSPS) is 10.2. The van der Waals surface area contributed by atoms with Gasteiger partial charge >= 0.3 is 11.9 Å². The first kappa shape index (κ1) is 15.2. The summed E-state index contributed by atoms with van der Waals surface area (Å²) in [7, 11) is 0. The Bertz CT molecular complexity index is 428. The summed E-state index contributed by atoms with van der Waals surface area (Å²) >= 11 is 0. The van der Waals surface area contributed by atoms with E-state index in [1.807, 2.05) is 0 Å². The van der Waals surface area contributed by atoms with Gasteiger partial charge < -0.3 is 14.6 Å². The first-order valence-electron chi connectivity index (χ1n) is 6.24. The van der Waals surface area contributed by atoms with Gasteiger partial charge in [0.1, 0.15) is 6.61 Å². The number of carboxylic acids is 1. The summed E-state index contributed by atoms with van der Waals surface area (Å²) in [4.78, 5) is 22.7. The summed E-state index contributed by atoms with van der Waals surface area (Å²) in [6.45, 7) is 3.14. The van der Waals surface area contributed by atoms with E-state index in [9.17, 15) is 9.59 Å². The molecular weight excluding hydrogens is 248 g/mol. The van der Waals surface area contributed by atoms with Gasteiger partial charge in [-0.1, -0.05) is 25.5 Å². The second-order valence-corrected chi connectivity index (χ2v) is 3.95. The maximum Gasteiger partial charge on any atom is 0.339 e. The number of carbonyl (C=O) groups is 2. The van der Waals surface area contributed by atoms with Crippen LogP contribution in [0, 0.1) is 0 Å². The van der Waals surface area contributed by atoms with Crippen molar-refractivity contribution >= 4 is 11.9 Å². The van der Waals surface area contributed by atoms with E-state index in [0.717, 1.165) is 12.8 Å². The Hall–Kier alpha value is -1.88. The second-order valence-electron chi connectivity index (χ2n) is 3.95. The van der Waals surface area contributed by atoms with Crippen molar-refractivity contribution in [3.63, 3.8) is 0 Å². The van der Waals surface area contributed by atoms with Crippen LogP contribution in [-0.4, -0.2) is 36.9 Å². The third-order valence-corrected chi connectivity index (χ3v) is 2.48. The molecule has 1 rings (SSSR count). The predicted octanol–water partition coefficient (Wildman–Crippen LogP) is 2.36. The van der Waals surface area contributed by atoms with Crippen molar-refractivity contribution in [1.29, 1.82) is 0 Å². The minimum atomic E-state index is -1.15. The van der Waals surface area contributed by atoms with Gasteiger partial charge in [-0.3, -0.25) is 0 Å². The molecule has 19 heavy (non-hydrogen) atoms. The molecule has 0 spiro atoms. The first-order chi connectivity index (χ1) is 9.16. The van der Waals surface area contributed by atoms with Gasteiger partial charge in [-0.25, -0.2) is 9.59 Å². The van der Waals surface area contributed by atoms with Crippen molar-refractivity contribution in [2.24, 2.45) is 0 Å². The molecule has 0 fully saturated rings. The van der Waals surface area contributed by atoms with E-state index < -0.39 is 11.9 Å². The van der Waals surface area contributed by atoms with E-state index in [1.54, 1.807) is 12.1 Å². The van der Waals surface area contributed by atoms with Gasteiger partial charge in [-0.2, -0.15) is 0 Å². The first-order valence-corrected chi connectivity index (χ1v) is 6.24. The highest BCUT2D eigenvalue weighted by Gasteiger charge is 2.16. The molecule has 0 aliphatic heterocycles. The quantitative estimate of drug-likeness (QED) is 0.577. The number of carboxylic acid groups (broad SMARTS) is 1. The average Bonchev–Trinajstić information content (AvgIpc) is 2.42. The predicted molar refractivity (Wildman–Crippen MR) is 69.4 cm³/mol. The minimum absolute atomic E-state index is 0.0561. The molecule has 0 aliphatic rings. The van der Waals surface area contributed by atoms with E-state index in [-0.39, 0.29) is 17.7 Å². The lowest BCUT2D eigenvalue weighted by molar-refractivity contribution is 0.0309. The van der Waals surface area contributed by atoms with Crippen LogP contribution in [0.2, 0.25) is 0 Å². The molecule has 104 valence electrons. The molecule has 0 saturated carbocycles. The molecule has 0 atom stereocenters. The van der Waals surface area contributed by atoms with Crippen LogP contribution in [0.25, 0.3) is 0 Å². The fourth-order valence-electron chi connectivity index (χ4n) is 1.47. The van der Waals surface area contributed by atoms with Crippen molar-refractivity contribution in [1.82, 2.24) is 0 Å². The van der Waals surface area contributed by atoms with Crippen LogP contribution in [0.5, 0.6) is 0 Å². The fourth-order valence-corrected chi connectivity index (χ4v) is 1.47. The SMILES string of the molecule is CCCCOCCOC(=O)c1ccccc1C(=O)O. The van der Waals surface area contributed by atoms with Crippen LogP contribution in [0.15, 0.2) is 24.3 Å². The van der Waals surface area contributed by atoms with Crippen LogP contribution in [0.4, 0.5) is 0 Å². The molecule has 1 N–H and O–H groups in total. The smallest absolute Gasteiger partial charge is 0.339 e. The lowest BCUT2D eigenvalue weighted by atomic mass is 10.1. The number of esters is 1. The largest absolute Gasteiger partial charge is 0.478 e. The number of rotatable bonds is 8. The Balaban J connectivity index is 2.43. The Kier molecular flexibility index (Phi) is 6.60. The highest BCUT2D eigenvalue weighted by atomic mass is 16.6. The topological polar surface area (TPSA) is 72.8 Å². The van der Waals surface area contributed by atoms with Gasteiger partial charge in [0.05, 0.1) is 17.7 Å². The zero-order chi connectivity index (χ0) is 14.1. The molecule has 0 radical (unpaired) electrons. The molecule has 5 heteroatoms. The fraction of sp³-hybridized carbons (Fsp3) is 0.429. The van der Waals surface area contributed by atoms with Crippen LogP contribution in [-0.2, 0) is 9.47 Å². The van der Waals surface area contributed by atoms with Crippen molar-refractivity contribution in [2.75, 3.05) is 19.8 Å². The lowest BCUT2D eigenvalue weighted by Gasteiger charge is -2.07. The van der Waals surface area contributed by atoms with Gasteiger partial charge in [0.2, 0.25) is 0 Å². The number of unbranched alkanes of at least 4 members (excludes halogenated alkanes) is 1. The maximum atomic E-state index is 11.7. The number of aromatic carboxylic acids is 1. The summed E-state index contributed by atoms with van der Waals surface area (Å²) in [6, 6.07) is 5.97. The van der Waals surface area contributed by atoms with E-state index in [0.29, 0.717) is 13.2 Å². The van der Waals surface area contributed by atoms with Crippen LogP contribution in [0.3, 0.4) is 0 Å². The number of hydrogen-bond donors (Lipinski definition) is 1. The van der Waals surface area contributed by atoms with Crippen LogP contribution >= 0.6 is 0 Å². The molecule has 0 aliphatic carbocycles. The summed E-state index contributed by atoms with van der Waals surface area (Å²) in [6.07, 6.45) is 2.02. The summed E-state index contributed by atoms with van der Waals surface area (Å²) in [5.74, 6) is -1.79. The van der Waals surface area contributed by atoms with Crippen LogP contribution < -0.4 is 0 Å². The number of hydrogen-bond acceptors (Lipinski definition) is 4. The number of benzene rings is 1. The van der Waals surface area contributed by atoms with Crippen LogP contribution in [0.1, 0.15) is 40.5 Å². The third-order valence-electron chi connectivity index (χ3n) is 2.48. The van der Waals surface area contributed by atoms with E-state index in [2.05, 4.69) is 6.92 Å². The Morgan fingerprint density at radius 2 is 1.79 bits per heavy atom. The molecule has 5 nitrogen and oxygen atoms in total. The molecule has 0 aromatic heterocycles. The second kappa shape index (κ2) is 8.26. The molecule has 0 unspecified atom stereocenters. The lowest BCUT2D eigenvalue weighted by Crippen LogP contribution is -2.14. The van der Waals surface area contributed by atoms with E-state index in [4.69, 9.17) is 14.6 Å². The average molecular weight is 266 g/mol. The van der Waals surface area contributed by atoms with Crippen molar-refractivity contribution in [2.45, 2.75) is 19.8 Å². The number of carbonyl (C=O) groups excluding carboxylic acids is 1. The summed E-state index contributed by atoms with van der Waals surface area (Å²) in [5.41, 5.74) is 0.00274. The van der Waals surface area contributed by atoms with Crippen molar-refractivity contribution in [3.05, 3.63) is 35.4 Å². The van der Waals surface area contributed by atoms with Crippen molar-refractivity contribution in [3.8, 4) is 0 Å². The zero-order valence-corrected chi connectivity index (χ0v) is 10.9. The number of ether oxygens (including phenoxy) is 2. The maximum absolute atomic E-state index is 11.7. The molecule has 1 aromatic rings. The van der Waals surface area contributed by atoms with E-state index in [1.165, 1.54) is 12.1 Å². The Morgan fingerprint density at radius 3 is 2.42 bits per heavy atom. The zero-order valence-electron chi connectivity index (χ0n) is 10.9. The minimum Gasteiger partial charge on any atom is -0.478 e. The standard InChI is InChI=1S/C14H18O5/c1-2-3-8-18-9-10-19-14(17)12-7-5-4-6-11(12)13(15)16/h4-7H,2-3,8-10H2,1H3,(H,15,16). The summed E-state index contributed by atoms with van der Waals surface area (Å²) in [5, 5.41) is 8.95. The highest BCUT2D eigenvalue weighted by Crippen LogP contribution is 2.10. The van der Waals surface area contributed by atoms with E-state index >= 15 is 0 Å². The van der Waals surface area contributed by atoms with Gasteiger partial charge in [-0.15, -0.1) is 0 Å². The summed E-state index contributed by atoms with van der Waals surface area (Å²) < 4.78 is 10.2. The Labute approximate surface area is 112 Å². The van der Waals surface area contributed by atoms with Gasteiger partial charge in [0.25, 0.3) is 0 Å². The molecule has 0 saturated heterocycles. The van der Waals surface area contributed by atoms with Gasteiger partial charge in [0, 0.05) is 6.61 Å². The van der Waals surface area contributed by atoms with Gasteiger partial charge in [-0.05, 0) is 18.6 Å². The third kappa shape index (κ3) is 5.09. The van der Waals surface area contributed by atoms with Crippen molar-refractivity contribution < 1.29 is 24.2 Å².